The molecule has 3 rings (SSSR count). The van der Waals surface area contributed by atoms with Crippen molar-refractivity contribution in [3.05, 3.63) is 70.9 Å². The summed E-state index contributed by atoms with van der Waals surface area (Å²) in [7, 11) is 0. The maximum absolute atomic E-state index is 12.7. The maximum Gasteiger partial charge on any atom is 0.416 e. The van der Waals surface area contributed by atoms with Crippen molar-refractivity contribution in [1.29, 1.82) is 0 Å². The largest absolute Gasteiger partial charge is 0.416 e. The van der Waals surface area contributed by atoms with Crippen molar-refractivity contribution in [2.45, 2.75) is 31.7 Å². The van der Waals surface area contributed by atoms with Crippen molar-refractivity contribution < 1.29 is 23.1 Å². The van der Waals surface area contributed by atoms with Crippen molar-refractivity contribution in [3.8, 4) is 10.4 Å². The van der Waals surface area contributed by atoms with Crippen LogP contribution in [0.15, 0.2) is 48.5 Å². The zero-order chi connectivity index (χ0) is 23.3. The molecule has 0 aliphatic rings. The Bertz CT molecular complexity index is 1070. The second kappa shape index (κ2) is 10.1. The number of halogens is 3. The van der Waals surface area contributed by atoms with Gasteiger partial charge in [0.15, 0.2) is 5.13 Å². The zero-order valence-electron chi connectivity index (χ0n) is 17.0. The molecule has 10 heteroatoms. The minimum atomic E-state index is -4.37. The SMILES string of the molecule is NC(=O)Cc1cccc(-c2sc(NC[C@@H](N)Cc3ccc(C(F)(F)F)cc3)nc2CO)c1. The van der Waals surface area contributed by atoms with Gasteiger partial charge in [-0.1, -0.05) is 41.7 Å². The molecule has 0 aliphatic heterocycles. The minimum Gasteiger partial charge on any atom is -0.390 e. The Kier molecular flexibility index (Phi) is 7.49. The van der Waals surface area contributed by atoms with Crippen LogP contribution >= 0.6 is 11.3 Å². The monoisotopic (exact) mass is 464 g/mol. The quantitative estimate of drug-likeness (QED) is 0.388. The number of aliphatic hydroxyl groups excluding tert-OH is 1. The van der Waals surface area contributed by atoms with Crippen molar-refractivity contribution >= 4 is 22.4 Å². The molecular weight excluding hydrogens is 441 g/mol. The molecule has 0 radical (unpaired) electrons. The van der Waals surface area contributed by atoms with E-state index in [9.17, 15) is 23.1 Å². The lowest BCUT2D eigenvalue weighted by molar-refractivity contribution is -0.137. The van der Waals surface area contributed by atoms with E-state index in [1.54, 1.807) is 6.07 Å². The minimum absolute atomic E-state index is 0.116. The molecule has 6 nitrogen and oxygen atoms in total. The molecule has 1 heterocycles. The number of alkyl halides is 3. The van der Waals surface area contributed by atoms with Gasteiger partial charge in [-0.25, -0.2) is 4.98 Å². The summed E-state index contributed by atoms with van der Waals surface area (Å²) < 4.78 is 38.0. The van der Waals surface area contributed by atoms with Gasteiger partial charge in [-0.05, 0) is 41.3 Å². The van der Waals surface area contributed by atoms with Crippen LogP contribution in [0.2, 0.25) is 0 Å². The highest BCUT2D eigenvalue weighted by Gasteiger charge is 2.29. The number of benzene rings is 2. The first-order valence-corrected chi connectivity index (χ1v) is 10.6. The Morgan fingerprint density at radius 3 is 2.50 bits per heavy atom. The second-order valence-corrected chi connectivity index (χ2v) is 8.34. The molecule has 2 aromatic carbocycles. The Morgan fingerprint density at radius 2 is 1.88 bits per heavy atom. The van der Waals surface area contributed by atoms with E-state index in [0.29, 0.717) is 29.4 Å². The number of hydrogen-bond donors (Lipinski definition) is 4. The molecule has 1 aromatic heterocycles. The van der Waals surface area contributed by atoms with E-state index in [-0.39, 0.29) is 19.1 Å². The van der Waals surface area contributed by atoms with E-state index in [0.717, 1.165) is 28.1 Å². The van der Waals surface area contributed by atoms with E-state index in [1.165, 1.54) is 23.5 Å². The van der Waals surface area contributed by atoms with Crippen LogP contribution in [0.3, 0.4) is 0 Å². The van der Waals surface area contributed by atoms with Crippen molar-refractivity contribution in [2.24, 2.45) is 11.5 Å². The third-order valence-corrected chi connectivity index (χ3v) is 5.81. The van der Waals surface area contributed by atoms with Gasteiger partial charge in [0.25, 0.3) is 0 Å². The molecule has 170 valence electrons. The summed E-state index contributed by atoms with van der Waals surface area (Å²) in [6.07, 6.45) is -3.86. The molecule has 0 saturated heterocycles. The Morgan fingerprint density at radius 1 is 1.16 bits per heavy atom. The lowest BCUT2D eigenvalue weighted by atomic mass is 10.0. The summed E-state index contributed by atoms with van der Waals surface area (Å²) in [4.78, 5) is 16.3. The van der Waals surface area contributed by atoms with Gasteiger partial charge in [0, 0.05) is 12.6 Å². The molecule has 0 aliphatic carbocycles. The number of carbonyl (C=O) groups is 1. The molecule has 3 aromatic rings. The number of nitrogens with two attached hydrogens (primary N) is 2. The van der Waals surface area contributed by atoms with Crippen LogP contribution in [-0.2, 0) is 30.4 Å². The molecule has 0 spiro atoms. The Labute approximate surface area is 187 Å². The number of carbonyl (C=O) groups excluding carboxylic acids is 1. The van der Waals surface area contributed by atoms with Crippen LogP contribution in [0, 0.1) is 0 Å². The van der Waals surface area contributed by atoms with Gasteiger partial charge in [-0.15, -0.1) is 0 Å². The van der Waals surface area contributed by atoms with E-state index < -0.39 is 17.6 Å². The van der Waals surface area contributed by atoms with Crippen LogP contribution in [0.1, 0.15) is 22.4 Å². The van der Waals surface area contributed by atoms with Gasteiger partial charge in [0.1, 0.15) is 0 Å². The van der Waals surface area contributed by atoms with Crippen molar-refractivity contribution in [3.63, 3.8) is 0 Å². The molecular formula is C22H23F3N4O2S. The van der Waals surface area contributed by atoms with Crippen molar-refractivity contribution in [2.75, 3.05) is 11.9 Å². The summed E-state index contributed by atoms with van der Waals surface area (Å²) in [5.41, 5.74) is 13.5. The third-order valence-electron chi connectivity index (χ3n) is 4.71. The summed E-state index contributed by atoms with van der Waals surface area (Å²) in [6, 6.07) is 11.9. The normalized spacial score (nSPS) is 12.5. The number of anilines is 1. The van der Waals surface area contributed by atoms with Gasteiger partial charge in [-0.3, -0.25) is 4.79 Å². The number of nitrogens with zero attached hydrogens (tertiary/aromatic N) is 1. The first kappa shape index (κ1) is 23.7. The topological polar surface area (TPSA) is 114 Å². The highest BCUT2D eigenvalue weighted by atomic mass is 32.1. The van der Waals surface area contributed by atoms with Crippen LogP contribution in [0.4, 0.5) is 18.3 Å². The number of aromatic nitrogens is 1. The number of hydrogen-bond acceptors (Lipinski definition) is 6. The first-order chi connectivity index (χ1) is 15.2. The van der Waals surface area contributed by atoms with Crippen LogP contribution in [-0.4, -0.2) is 28.6 Å². The van der Waals surface area contributed by atoms with Crippen LogP contribution < -0.4 is 16.8 Å². The molecule has 1 atom stereocenters. The summed E-state index contributed by atoms with van der Waals surface area (Å²) in [6.45, 7) is 0.0890. The molecule has 0 bridgehead atoms. The van der Waals surface area contributed by atoms with E-state index in [4.69, 9.17) is 11.5 Å². The lowest BCUT2D eigenvalue weighted by Gasteiger charge is -2.13. The molecule has 0 fully saturated rings. The fourth-order valence-corrected chi connectivity index (χ4v) is 4.18. The molecule has 6 N–H and O–H groups in total. The van der Waals surface area contributed by atoms with E-state index >= 15 is 0 Å². The highest BCUT2D eigenvalue weighted by Crippen LogP contribution is 2.34. The molecule has 1 amide bonds. The average Bonchev–Trinajstić information content (AvgIpc) is 3.15. The maximum atomic E-state index is 12.7. The standard InChI is InChI=1S/C22H23F3N4O2S/c23-22(24,25)16-6-4-13(5-7-16)9-17(26)11-28-21-29-18(12-30)20(32-21)15-3-1-2-14(8-15)10-19(27)31/h1-8,17,30H,9-12,26H2,(H2,27,31)(H,28,29)/t17-/m0/s1. The van der Waals surface area contributed by atoms with Crippen LogP contribution in [0.25, 0.3) is 10.4 Å². The molecule has 0 unspecified atom stereocenters. The third kappa shape index (κ3) is 6.28. The summed E-state index contributed by atoms with van der Waals surface area (Å²) in [5.74, 6) is -0.432. The number of amides is 1. The smallest absolute Gasteiger partial charge is 0.390 e. The van der Waals surface area contributed by atoms with Crippen molar-refractivity contribution in [1.82, 2.24) is 4.98 Å². The predicted molar refractivity (Wildman–Crippen MR) is 118 cm³/mol. The van der Waals surface area contributed by atoms with Crippen LogP contribution in [0.5, 0.6) is 0 Å². The zero-order valence-corrected chi connectivity index (χ0v) is 17.8. The summed E-state index contributed by atoms with van der Waals surface area (Å²) in [5, 5.41) is 13.4. The van der Waals surface area contributed by atoms with Gasteiger partial charge in [-0.2, -0.15) is 13.2 Å². The van der Waals surface area contributed by atoms with Gasteiger partial charge in [0.2, 0.25) is 5.91 Å². The highest BCUT2D eigenvalue weighted by molar-refractivity contribution is 7.19. The number of aliphatic hydroxyl groups is 1. The van der Waals surface area contributed by atoms with E-state index in [1.807, 2.05) is 18.2 Å². The number of primary amides is 1. The Hall–Kier alpha value is -2.95. The number of rotatable bonds is 9. The van der Waals surface area contributed by atoms with Gasteiger partial charge >= 0.3 is 6.18 Å². The number of thiazole rings is 1. The van der Waals surface area contributed by atoms with E-state index in [2.05, 4.69) is 10.3 Å². The summed E-state index contributed by atoms with van der Waals surface area (Å²) >= 11 is 1.34. The average molecular weight is 465 g/mol. The fourth-order valence-electron chi connectivity index (χ4n) is 3.21. The molecule has 32 heavy (non-hydrogen) atoms. The predicted octanol–water partition coefficient (Wildman–Crippen LogP) is 3.33. The van der Waals surface area contributed by atoms with Gasteiger partial charge < -0.3 is 21.9 Å². The number of nitrogens with one attached hydrogen (secondary N) is 1. The Balaban J connectivity index is 1.65. The molecule has 0 saturated carbocycles. The second-order valence-electron chi connectivity index (χ2n) is 7.34. The first-order valence-electron chi connectivity index (χ1n) is 9.79. The lowest BCUT2D eigenvalue weighted by Crippen LogP contribution is -2.31. The fraction of sp³-hybridized carbons (Fsp3) is 0.273. The van der Waals surface area contributed by atoms with Gasteiger partial charge in [0.05, 0.1) is 29.2 Å².